The van der Waals surface area contributed by atoms with Crippen molar-refractivity contribution in [2.45, 2.75) is 12.8 Å². The van der Waals surface area contributed by atoms with Crippen LogP contribution in [0.5, 0.6) is 5.75 Å². The normalized spacial score (nSPS) is 15.0. The molecule has 0 radical (unpaired) electrons. The zero-order valence-corrected chi connectivity index (χ0v) is 13.6. The van der Waals surface area contributed by atoms with Gasteiger partial charge in [-0.15, -0.1) is 0 Å². The van der Waals surface area contributed by atoms with Gasteiger partial charge in [0.05, 0.1) is 0 Å². The fourth-order valence-electron chi connectivity index (χ4n) is 2.95. The first kappa shape index (κ1) is 17.0. The molecule has 1 saturated heterocycles. The number of nitrogens with one attached hydrogen (secondary N) is 1. The minimum Gasteiger partial charge on any atom is -0.508 e. The Hall–Kier alpha value is -2.89. The SMILES string of the molecule is O=C(Nc1cccc(O)c1)C1CCN(C(=O)c2ccc(F)cc2)CC1. The predicted octanol–water partition coefficient (Wildman–Crippen LogP) is 3.02. The fraction of sp³-hybridized carbons (Fsp3) is 0.263. The summed E-state index contributed by atoms with van der Waals surface area (Å²) in [4.78, 5) is 26.4. The number of phenols is 1. The number of hydrogen-bond acceptors (Lipinski definition) is 3. The molecule has 0 bridgehead atoms. The van der Waals surface area contributed by atoms with Gasteiger partial charge in [-0.25, -0.2) is 4.39 Å². The second-order valence-electron chi connectivity index (χ2n) is 6.11. The molecule has 0 atom stereocenters. The molecule has 0 aliphatic carbocycles. The molecule has 1 aliphatic rings. The highest BCUT2D eigenvalue weighted by Crippen LogP contribution is 2.22. The van der Waals surface area contributed by atoms with Gasteiger partial charge in [0.25, 0.3) is 5.91 Å². The lowest BCUT2D eigenvalue weighted by Gasteiger charge is -2.31. The molecule has 2 amide bonds. The molecule has 5 nitrogen and oxygen atoms in total. The van der Waals surface area contributed by atoms with Crippen molar-refractivity contribution in [3.05, 3.63) is 59.9 Å². The van der Waals surface area contributed by atoms with E-state index in [4.69, 9.17) is 0 Å². The standard InChI is InChI=1S/C19H19FN2O3/c20-15-6-4-14(5-7-15)19(25)22-10-8-13(9-11-22)18(24)21-16-2-1-3-17(23)12-16/h1-7,12-13,23H,8-11H2,(H,21,24). The molecule has 6 heteroatoms. The smallest absolute Gasteiger partial charge is 0.253 e. The molecule has 130 valence electrons. The predicted molar refractivity (Wildman–Crippen MR) is 91.8 cm³/mol. The van der Waals surface area contributed by atoms with E-state index in [0.29, 0.717) is 37.2 Å². The Kier molecular flexibility index (Phi) is 4.97. The summed E-state index contributed by atoms with van der Waals surface area (Å²) in [6, 6.07) is 11.9. The maximum Gasteiger partial charge on any atom is 0.253 e. The molecule has 0 aromatic heterocycles. The van der Waals surface area contributed by atoms with Crippen LogP contribution in [0.2, 0.25) is 0 Å². The average molecular weight is 342 g/mol. The molecular formula is C19H19FN2O3. The third-order valence-electron chi connectivity index (χ3n) is 4.36. The van der Waals surface area contributed by atoms with Crippen LogP contribution in [0.25, 0.3) is 0 Å². The van der Waals surface area contributed by atoms with Crippen LogP contribution in [-0.4, -0.2) is 34.9 Å². The highest BCUT2D eigenvalue weighted by atomic mass is 19.1. The summed E-state index contributed by atoms with van der Waals surface area (Å²) in [5.41, 5.74) is 0.999. The van der Waals surface area contributed by atoms with E-state index >= 15 is 0 Å². The third-order valence-corrected chi connectivity index (χ3v) is 4.36. The number of rotatable bonds is 3. The lowest BCUT2D eigenvalue weighted by atomic mass is 9.95. The van der Waals surface area contributed by atoms with E-state index in [1.165, 1.54) is 36.4 Å². The Morgan fingerprint density at radius 3 is 2.40 bits per heavy atom. The van der Waals surface area contributed by atoms with Gasteiger partial charge in [-0.3, -0.25) is 9.59 Å². The summed E-state index contributed by atoms with van der Waals surface area (Å²) in [7, 11) is 0. The highest BCUT2D eigenvalue weighted by Gasteiger charge is 2.27. The van der Waals surface area contributed by atoms with Gasteiger partial charge in [0, 0.05) is 36.3 Å². The topological polar surface area (TPSA) is 69.6 Å². The number of amides is 2. The van der Waals surface area contributed by atoms with Crippen molar-refractivity contribution in [2.75, 3.05) is 18.4 Å². The van der Waals surface area contributed by atoms with Crippen LogP contribution in [0, 0.1) is 11.7 Å². The number of benzene rings is 2. The van der Waals surface area contributed by atoms with Crippen LogP contribution in [0.15, 0.2) is 48.5 Å². The van der Waals surface area contributed by atoms with Crippen molar-refractivity contribution < 1.29 is 19.1 Å². The summed E-state index contributed by atoms with van der Waals surface area (Å²) in [6.07, 6.45) is 1.13. The number of nitrogens with zero attached hydrogens (tertiary/aromatic N) is 1. The highest BCUT2D eigenvalue weighted by molar-refractivity contribution is 5.95. The van der Waals surface area contributed by atoms with Crippen molar-refractivity contribution in [1.29, 1.82) is 0 Å². The molecule has 0 saturated carbocycles. The van der Waals surface area contributed by atoms with Gasteiger partial charge >= 0.3 is 0 Å². The number of halogens is 1. The number of hydrogen-bond donors (Lipinski definition) is 2. The summed E-state index contributed by atoms with van der Waals surface area (Å²) >= 11 is 0. The maximum absolute atomic E-state index is 13.0. The number of phenolic OH excluding ortho intramolecular Hbond substituents is 1. The maximum atomic E-state index is 13.0. The molecule has 0 unspecified atom stereocenters. The molecular weight excluding hydrogens is 323 g/mol. The molecule has 2 aromatic carbocycles. The van der Waals surface area contributed by atoms with Gasteiger partial charge in [0.15, 0.2) is 0 Å². The Morgan fingerprint density at radius 2 is 1.76 bits per heavy atom. The fourth-order valence-corrected chi connectivity index (χ4v) is 2.95. The summed E-state index contributed by atoms with van der Waals surface area (Å²) in [5, 5.41) is 12.2. The zero-order chi connectivity index (χ0) is 17.8. The van der Waals surface area contributed by atoms with Crippen LogP contribution < -0.4 is 5.32 Å². The Labute approximate surface area is 145 Å². The van der Waals surface area contributed by atoms with Crippen molar-refractivity contribution in [3.63, 3.8) is 0 Å². The van der Waals surface area contributed by atoms with Crippen molar-refractivity contribution in [2.24, 2.45) is 5.92 Å². The van der Waals surface area contributed by atoms with Crippen molar-refractivity contribution in [1.82, 2.24) is 4.90 Å². The number of carbonyl (C=O) groups excluding carboxylic acids is 2. The van der Waals surface area contributed by atoms with E-state index in [2.05, 4.69) is 5.32 Å². The van der Waals surface area contributed by atoms with Crippen LogP contribution in [0.4, 0.5) is 10.1 Å². The summed E-state index contributed by atoms with van der Waals surface area (Å²) in [6.45, 7) is 0.961. The second kappa shape index (κ2) is 7.34. The Balaban J connectivity index is 1.55. The van der Waals surface area contributed by atoms with Gasteiger partial charge in [0.1, 0.15) is 11.6 Å². The molecule has 1 aliphatic heterocycles. The van der Waals surface area contributed by atoms with Crippen molar-refractivity contribution >= 4 is 17.5 Å². The molecule has 1 fully saturated rings. The monoisotopic (exact) mass is 342 g/mol. The number of likely N-dealkylation sites (tertiary alicyclic amines) is 1. The largest absolute Gasteiger partial charge is 0.508 e. The number of piperidine rings is 1. The lowest BCUT2D eigenvalue weighted by molar-refractivity contribution is -0.121. The number of carbonyl (C=O) groups is 2. The molecule has 1 heterocycles. The van der Waals surface area contributed by atoms with Gasteiger partial charge in [-0.05, 0) is 49.2 Å². The molecule has 3 rings (SSSR count). The van der Waals surface area contributed by atoms with E-state index in [-0.39, 0.29) is 29.3 Å². The molecule has 2 N–H and O–H groups in total. The third kappa shape index (κ3) is 4.15. The zero-order valence-electron chi connectivity index (χ0n) is 13.6. The minimum atomic E-state index is -0.376. The minimum absolute atomic E-state index is 0.0949. The van der Waals surface area contributed by atoms with E-state index in [1.54, 1.807) is 17.0 Å². The first-order chi connectivity index (χ1) is 12.0. The summed E-state index contributed by atoms with van der Waals surface area (Å²) < 4.78 is 13.0. The molecule has 2 aromatic rings. The molecule has 25 heavy (non-hydrogen) atoms. The van der Waals surface area contributed by atoms with Gasteiger partial charge in [-0.2, -0.15) is 0 Å². The second-order valence-corrected chi connectivity index (χ2v) is 6.11. The van der Waals surface area contributed by atoms with E-state index in [0.717, 1.165) is 0 Å². The first-order valence-electron chi connectivity index (χ1n) is 8.17. The van der Waals surface area contributed by atoms with E-state index < -0.39 is 0 Å². The Morgan fingerprint density at radius 1 is 1.08 bits per heavy atom. The number of anilines is 1. The van der Waals surface area contributed by atoms with Crippen LogP contribution >= 0.6 is 0 Å². The Bertz CT molecular complexity index is 768. The van der Waals surface area contributed by atoms with Gasteiger partial charge < -0.3 is 15.3 Å². The average Bonchev–Trinajstić information content (AvgIpc) is 2.62. The lowest BCUT2D eigenvalue weighted by Crippen LogP contribution is -2.41. The number of aromatic hydroxyl groups is 1. The van der Waals surface area contributed by atoms with Crippen LogP contribution in [-0.2, 0) is 4.79 Å². The van der Waals surface area contributed by atoms with Crippen molar-refractivity contribution in [3.8, 4) is 5.75 Å². The van der Waals surface area contributed by atoms with Gasteiger partial charge in [-0.1, -0.05) is 6.07 Å². The summed E-state index contributed by atoms with van der Waals surface area (Å²) in [5.74, 6) is -0.720. The first-order valence-corrected chi connectivity index (χ1v) is 8.17. The van der Waals surface area contributed by atoms with Crippen LogP contribution in [0.1, 0.15) is 23.2 Å². The quantitative estimate of drug-likeness (QED) is 0.901. The van der Waals surface area contributed by atoms with Gasteiger partial charge in [0.2, 0.25) is 5.91 Å². The van der Waals surface area contributed by atoms with Crippen LogP contribution in [0.3, 0.4) is 0 Å². The van der Waals surface area contributed by atoms with E-state index in [9.17, 15) is 19.1 Å². The van der Waals surface area contributed by atoms with E-state index in [1.807, 2.05) is 0 Å². The molecule has 0 spiro atoms.